The van der Waals surface area contributed by atoms with Crippen LogP contribution in [0.15, 0.2) is 24.5 Å². The molecule has 2 fully saturated rings. The predicted octanol–water partition coefficient (Wildman–Crippen LogP) is 2.37. The summed E-state index contributed by atoms with van der Waals surface area (Å²) in [7, 11) is 1.78. The largest absolute Gasteiger partial charge is 0.386 e. The third kappa shape index (κ3) is 2.91. The van der Waals surface area contributed by atoms with Crippen molar-refractivity contribution in [2.24, 2.45) is 17.6 Å². The Balaban J connectivity index is 1.53. The highest BCUT2D eigenvalue weighted by Crippen LogP contribution is 2.47. The second kappa shape index (κ2) is 6.58. The highest BCUT2D eigenvalue weighted by atomic mass is 19.1. The normalized spacial score (nSPS) is 22.3. The second-order valence-electron chi connectivity index (χ2n) is 8.56. The number of hydrogen-bond donors (Lipinski definition) is 3. The van der Waals surface area contributed by atoms with Crippen molar-refractivity contribution in [3.8, 4) is 0 Å². The lowest BCUT2D eigenvalue weighted by atomic mass is 10.1. The minimum Gasteiger partial charge on any atom is -0.386 e. The lowest BCUT2D eigenvalue weighted by Crippen LogP contribution is -2.29. The number of benzene rings is 1. The number of aryl methyl sites for hydroxylation is 1. The molecule has 1 saturated carbocycles. The zero-order valence-electron chi connectivity index (χ0n) is 17.4. The fourth-order valence-electron chi connectivity index (χ4n) is 4.83. The van der Waals surface area contributed by atoms with E-state index in [0.717, 1.165) is 46.6 Å². The predicted molar refractivity (Wildman–Crippen MR) is 118 cm³/mol. The number of aromatic nitrogens is 5. The number of piperidine rings is 1. The van der Waals surface area contributed by atoms with Crippen molar-refractivity contribution in [2.75, 3.05) is 30.4 Å². The van der Waals surface area contributed by atoms with Gasteiger partial charge in [-0.3, -0.25) is 0 Å². The van der Waals surface area contributed by atoms with E-state index >= 15 is 0 Å². The molecule has 2 unspecified atom stereocenters. The molecular formula is C22H23FN8. The Kier molecular flexibility index (Phi) is 3.92. The molecule has 1 saturated heterocycles. The van der Waals surface area contributed by atoms with Gasteiger partial charge in [-0.2, -0.15) is 0 Å². The molecule has 2 aliphatic rings. The van der Waals surface area contributed by atoms with Crippen LogP contribution in [-0.4, -0.2) is 51.1 Å². The molecule has 31 heavy (non-hydrogen) atoms. The van der Waals surface area contributed by atoms with Gasteiger partial charge in [0.15, 0.2) is 0 Å². The van der Waals surface area contributed by atoms with Crippen molar-refractivity contribution in [1.29, 1.82) is 0 Å². The summed E-state index contributed by atoms with van der Waals surface area (Å²) in [6.45, 7) is 3.59. The van der Waals surface area contributed by atoms with Crippen LogP contribution in [0.3, 0.4) is 0 Å². The van der Waals surface area contributed by atoms with E-state index in [4.69, 9.17) is 15.7 Å². The van der Waals surface area contributed by atoms with Gasteiger partial charge in [0.25, 0.3) is 0 Å². The van der Waals surface area contributed by atoms with E-state index in [2.05, 4.69) is 25.2 Å². The van der Waals surface area contributed by atoms with Crippen molar-refractivity contribution in [2.45, 2.75) is 19.4 Å². The zero-order chi connectivity index (χ0) is 21.3. The van der Waals surface area contributed by atoms with E-state index in [1.54, 1.807) is 25.5 Å². The maximum atomic E-state index is 14.4. The van der Waals surface area contributed by atoms with Crippen LogP contribution in [-0.2, 0) is 6.42 Å². The first-order valence-electron chi connectivity index (χ1n) is 10.5. The summed E-state index contributed by atoms with van der Waals surface area (Å²) in [4.78, 5) is 24.0. The van der Waals surface area contributed by atoms with Crippen molar-refractivity contribution in [3.63, 3.8) is 0 Å². The molecular weight excluding hydrogens is 395 g/mol. The molecule has 1 aliphatic carbocycles. The summed E-state index contributed by atoms with van der Waals surface area (Å²) in [6, 6.07) is 3.33. The number of anilines is 2. The number of aromatic amines is 1. The van der Waals surface area contributed by atoms with Gasteiger partial charge in [0.05, 0.1) is 16.6 Å². The van der Waals surface area contributed by atoms with Gasteiger partial charge in [-0.25, -0.2) is 24.3 Å². The Labute approximate surface area is 178 Å². The molecule has 158 valence electrons. The molecule has 4 N–H and O–H groups in total. The van der Waals surface area contributed by atoms with Crippen molar-refractivity contribution >= 4 is 33.4 Å². The van der Waals surface area contributed by atoms with Crippen LogP contribution in [0.25, 0.3) is 21.9 Å². The molecule has 1 aliphatic heterocycles. The van der Waals surface area contributed by atoms with E-state index in [1.165, 1.54) is 6.07 Å². The SMILES string of the molecule is CNc1cc(F)cc2c1[nH]c1nc(Cc3cnc(C)nc3)nc(N3CC4C(N)C4C3)c12. The minimum absolute atomic E-state index is 0.286. The number of nitrogens with two attached hydrogens (primary N) is 1. The summed E-state index contributed by atoms with van der Waals surface area (Å²) in [5.41, 5.74) is 9.33. The molecule has 1 aromatic carbocycles. The number of hydrogen-bond acceptors (Lipinski definition) is 7. The van der Waals surface area contributed by atoms with E-state index in [-0.39, 0.29) is 11.9 Å². The summed E-state index contributed by atoms with van der Waals surface area (Å²) in [6.07, 6.45) is 4.13. The third-order valence-electron chi connectivity index (χ3n) is 6.58. The van der Waals surface area contributed by atoms with Gasteiger partial charge in [-0.15, -0.1) is 0 Å². The van der Waals surface area contributed by atoms with Crippen molar-refractivity contribution in [1.82, 2.24) is 24.9 Å². The summed E-state index contributed by atoms with van der Waals surface area (Å²) < 4.78 is 14.4. The highest BCUT2D eigenvalue weighted by Gasteiger charge is 2.54. The van der Waals surface area contributed by atoms with Gasteiger partial charge in [-0.05, 0) is 36.5 Å². The monoisotopic (exact) mass is 418 g/mol. The number of fused-ring (bicyclic) bond motifs is 4. The maximum absolute atomic E-state index is 14.4. The van der Waals surface area contributed by atoms with Crippen molar-refractivity contribution in [3.05, 3.63) is 47.6 Å². The van der Waals surface area contributed by atoms with E-state index in [0.29, 0.717) is 35.4 Å². The summed E-state index contributed by atoms with van der Waals surface area (Å²) >= 11 is 0. The van der Waals surface area contributed by atoms with Crippen LogP contribution in [0.5, 0.6) is 0 Å². The number of nitrogens with one attached hydrogen (secondary N) is 2. The fourth-order valence-corrected chi connectivity index (χ4v) is 4.83. The molecule has 0 spiro atoms. The third-order valence-corrected chi connectivity index (χ3v) is 6.58. The molecule has 8 nitrogen and oxygen atoms in total. The van der Waals surface area contributed by atoms with Crippen LogP contribution in [0.4, 0.5) is 15.9 Å². The second-order valence-corrected chi connectivity index (χ2v) is 8.56. The molecule has 0 radical (unpaired) electrons. The zero-order valence-corrected chi connectivity index (χ0v) is 17.4. The Morgan fingerprint density at radius 1 is 1.19 bits per heavy atom. The molecule has 2 atom stereocenters. The number of H-pyrrole nitrogens is 1. The molecule has 0 amide bonds. The summed E-state index contributed by atoms with van der Waals surface area (Å²) in [5, 5.41) is 4.71. The first-order valence-corrected chi connectivity index (χ1v) is 10.5. The maximum Gasteiger partial charge on any atom is 0.144 e. The van der Waals surface area contributed by atoms with Crippen LogP contribution in [0, 0.1) is 24.6 Å². The van der Waals surface area contributed by atoms with Gasteiger partial charge in [0.1, 0.15) is 28.9 Å². The molecule has 4 heterocycles. The minimum atomic E-state index is -0.295. The van der Waals surface area contributed by atoms with Gasteiger partial charge in [-0.1, -0.05) is 0 Å². The Hall–Kier alpha value is -3.33. The topological polar surface area (TPSA) is 109 Å². The molecule has 0 bridgehead atoms. The average molecular weight is 418 g/mol. The van der Waals surface area contributed by atoms with Gasteiger partial charge in [0.2, 0.25) is 0 Å². The molecule has 3 aromatic heterocycles. The number of rotatable bonds is 4. The highest BCUT2D eigenvalue weighted by molar-refractivity contribution is 6.14. The van der Waals surface area contributed by atoms with Crippen LogP contribution in [0.2, 0.25) is 0 Å². The smallest absolute Gasteiger partial charge is 0.144 e. The average Bonchev–Trinajstić information content (AvgIpc) is 3.12. The Morgan fingerprint density at radius 3 is 2.65 bits per heavy atom. The summed E-state index contributed by atoms with van der Waals surface area (Å²) in [5.74, 6) is 2.97. The van der Waals surface area contributed by atoms with Crippen LogP contribution >= 0.6 is 0 Å². The molecule has 6 rings (SSSR count). The molecule has 9 heteroatoms. The van der Waals surface area contributed by atoms with E-state index < -0.39 is 0 Å². The first kappa shape index (κ1) is 18.4. The van der Waals surface area contributed by atoms with Crippen LogP contribution < -0.4 is 16.0 Å². The Morgan fingerprint density at radius 2 is 1.94 bits per heavy atom. The van der Waals surface area contributed by atoms with Gasteiger partial charge in [0, 0.05) is 50.4 Å². The Bertz CT molecular complexity index is 1300. The fraction of sp³-hybridized carbons (Fsp3) is 0.364. The van der Waals surface area contributed by atoms with Gasteiger partial charge >= 0.3 is 0 Å². The van der Waals surface area contributed by atoms with Crippen molar-refractivity contribution < 1.29 is 4.39 Å². The molecule has 4 aromatic rings. The first-order chi connectivity index (χ1) is 15.0. The van der Waals surface area contributed by atoms with Crippen LogP contribution in [0.1, 0.15) is 17.2 Å². The number of nitrogens with zero attached hydrogens (tertiary/aromatic N) is 5. The standard InChI is InChI=1S/C22H23FN8/c1-10-26-6-11(7-27-10)3-17-28-21-18(13-4-12(23)5-16(25-2)20(13)30-21)22(29-17)31-8-14-15(9-31)19(14)24/h4-7,14-15,19,25H,3,8-9,24H2,1-2H3,(H,28,29,30). The number of halogens is 1. The lowest BCUT2D eigenvalue weighted by Gasteiger charge is -2.21. The van der Waals surface area contributed by atoms with Gasteiger partial charge < -0.3 is 20.9 Å². The quantitative estimate of drug-likeness (QED) is 0.467. The van der Waals surface area contributed by atoms with E-state index in [9.17, 15) is 4.39 Å². The van der Waals surface area contributed by atoms with E-state index in [1.807, 2.05) is 6.92 Å². The lowest BCUT2D eigenvalue weighted by molar-refractivity contribution is 0.630.